The van der Waals surface area contributed by atoms with Crippen molar-refractivity contribution in [3.8, 4) is 5.75 Å². The number of likely N-dealkylation sites (tertiary alicyclic amines) is 1. The van der Waals surface area contributed by atoms with Crippen LogP contribution in [0.3, 0.4) is 0 Å². The van der Waals surface area contributed by atoms with E-state index in [1.807, 2.05) is 12.1 Å². The van der Waals surface area contributed by atoms with Crippen LogP contribution in [0, 0.1) is 0 Å². The van der Waals surface area contributed by atoms with Gasteiger partial charge in [-0.25, -0.2) is 0 Å². The van der Waals surface area contributed by atoms with Gasteiger partial charge in [0.05, 0.1) is 0 Å². The maximum Gasteiger partial charge on any atom is 0.115 e. The summed E-state index contributed by atoms with van der Waals surface area (Å²) >= 11 is 0. The lowest BCUT2D eigenvalue weighted by molar-refractivity contribution is 0.239. The van der Waals surface area contributed by atoms with E-state index < -0.39 is 0 Å². The fraction of sp³-hybridized carbons (Fsp3) is 0.538. The molecule has 82 valence electrons. The van der Waals surface area contributed by atoms with Crippen LogP contribution in [0.4, 0.5) is 0 Å². The average Bonchev–Trinajstić information content (AvgIpc) is 2.75. The van der Waals surface area contributed by atoms with Crippen molar-refractivity contribution >= 4 is 0 Å². The normalized spacial score (nSPS) is 19.3. The van der Waals surface area contributed by atoms with Gasteiger partial charge in [0.2, 0.25) is 0 Å². The van der Waals surface area contributed by atoms with Crippen LogP contribution in [0.5, 0.6) is 5.75 Å². The Morgan fingerprint density at radius 3 is 2.33 bits per heavy atom. The van der Waals surface area contributed by atoms with E-state index in [-0.39, 0.29) is 0 Å². The van der Waals surface area contributed by atoms with Gasteiger partial charge in [0, 0.05) is 6.04 Å². The minimum atomic E-state index is 0.357. The van der Waals surface area contributed by atoms with Crippen molar-refractivity contribution in [1.82, 2.24) is 4.90 Å². The fourth-order valence-corrected chi connectivity index (χ4v) is 2.45. The summed E-state index contributed by atoms with van der Waals surface area (Å²) in [6.07, 6.45) is 3.80. The van der Waals surface area contributed by atoms with E-state index in [0.717, 1.165) is 6.42 Å². The number of rotatable bonds is 3. The number of benzene rings is 1. The highest BCUT2D eigenvalue weighted by atomic mass is 16.3. The van der Waals surface area contributed by atoms with Gasteiger partial charge in [-0.15, -0.1) is 0 Å². The predicted octanol–water partition coefficient (Wildman–Crippen LogP) is 2.94. The van der Waals surface area contributed by atoms with Crippen molar-refractivity contribution in [3.63, 3.8) is 0 Å². The van der Waals surface area contributed by atoms with Gasteiger partial charge in [-0.3, -0.25) is 4.90 Å². The topological polar surface area (TPSA) is 23.5 Å². The molecule has 0 bridgehead atoms. The van der Waals surface area contributed by atoms with Crippen LogP contribution in [0.1, 0.15) is 37.8 Å². The minimum Gasteiger partial charge on any atom is -0.508 e. The van der Waals surface area contributed by atoms with Crippen LogP contribution in [0.15, 0.2) is 24.3 Å². The monoisotopic (exact) mass is 205 g/mol. The smallest absolute Gasteiger partial charge is 0.115 e. The second kappa shape index (κ2) is 4.67. The number of phenols is 1. The standard InChI is InChI=1S/C13H19NO/c1-2-13(14-9-3-4-10-14)11-5-7-12(15)8-6-11/h5-8,13,15H,2-4,9-10H2,1H3. The predicted molar refractivity (Wildman–Crippen MR) is 61.9 cm³/mol. The quantitative estimate of drug-likeness (QED) is 0.820. The maximum atomic E-state index is 9.26. The van der Waals surface area contributed by atoms with Crippen molar-refractivity contribution in [2.45, 2.75) is 32.2 Å². The van der Waals surface area contributed by atoms with Crippen LogP contribution >= 0.6 is 0 Å². The Bertz CT molecular complexity index is 301. The molecule has 1 N–H and O–H groups in total. The molecule has 1 heterocycles. The zero-order valence-electron chi connectivity index (χ0n) is 9.32. The molecule has 2 rings (SSSR count). The number of nitrogens with zero attached hydrogens (tertiary/aromatic N) is 1. The molecule has 2 heteroatoms. The number of aromatic hydroxyl groups is 1. The number of hydrogen-bond acceptors (Lipinski definition) is 2. The van der Waals surface area contributed by atoms with Crippen LogP contribution in [0.2, 0.25) is 0 Å². The van der Waals surface area contributed by atoms with Crippen molar-refractivity contribution in [3.05, 3.63) is 29.8 Å². The van der Waals surface area contributed by atoms with Gasteiger partial charge in [-0.2, -0.15) is 0 Å². The lowest BCUT2D eigenvalue weighted by Gasteiger charge is -2.26. The molecular weight excluding hydrogens is 186 g/mol. The Hall–Kier alpha value is -1.02. The van der Waals surface area contributed by atoms with E-state index >= 15 is 0 Å². The second-order valence-corrected chi connectivity index (χ2v) is 4.26. The van der Waals surface area contributed by atoms with E-state index in [4.69, 9.17) is 0 Å². The summed E-state index contributed by atoms with van der Waals surface area (Å²) in [6.45, 7) is 4.68. The van der Waals surface area contributed by atoms with E-state index in [0.29, 0.717) is 11.8 Å². The van der Waals surface area contributed by atoms with E-state index in [1.165, 1.54) is 31.5 Å². The SMILES string of the molecule is CCC(c1ccc(O)cc1)N1CCCC1. The molecule has 1 fully saturated rings. The summed E-state index contributed by atoms with van der Waals surface area (Å²) in [7, 11) is 0. The summed E-state index contributed by atoms with van der Waals surface area (Å²) < 4.78 is 0. The van der Waals surface area contributed by atoms with Gasteiger partial charge < -0.3 is 5.11 Å². The maximum absolute atomic E-state index is 9.26. The van der Waals surface area contributed by atoms with Gasteiger partial charge in [0.25, 0.3) is 0 Å². The zero-order chi connectivity index (χ0) is 10.7. The molecule has 1 unspecified atom stereocenters. The first-order valence-electron chi connectivity index (χ1n) is 5.84. The van der Waals surface area contributed by atoms with Gasteiger partial charge in [0.15, 0.2) is 0 Å². The van der Waals surface area contributed by atoms with Gasteiger partial charge in [-0.05, 0) is 50.0 Å². The Morgan fingerprint density at radius 2 is 1.80 bits per heavy atom. The van der Waals surface area contributed by atoms with E-state index in [9.17, 15) is 5.11 Å². The van der Waals surface area contributed by atoms with Gasteiger partial charge >= 0.3 is 0 Å². The molecule has 1 aromatic rings. The van der Waals surface area contributed by atoms with Crippen molar-refractivity contribution in [2.75, 3.05) is 13.1 Å². The molecule has 0 aromatic heterocycles. The third-order valence-electron chi connectivity index (χ3n) is 3.25. The molecule has 1 atom stereocenters. The molecule has 1 saturated heterocycles. The lowest BCUT2D eigenvalue weighted by atomic mass is 10.0. The fourth-order valence-electron chi connectivity index (χ4n) is 2.45. The van der Waals surface area contributed by atoms with Crippen LogP contribution < -0.4 is 0 Å². The van der Waals surface area contributed by atoms with E-state index in [1.54, 1.807) is 12.1 Å². The van der Waals surface area contributed by atoms with Crippen molar-refractivity contribution in [2.24, 2.45) is 0 Å². The molecule has 1 aromatic carbocycles. The molecular formula is C13H19NO. The highest BCUT2D eigenvalue weighted by Gasteiger charge is 2.21. The van der Waals surface area contributed by atoms with Gasteiger partial charge in [0.1, 0.15) is 5.75 Å². The Kier molecular flexibility index (Phi) is 3.27. The summed E-state index contributed by atoms with van der Waals surface area (Å²) in [5.41, 5.74) is 1.33. The highest BCUT2D eigenvalue weighted by molar-refractivity contribution is 5.28. The molecule has 1 aliphatic heterocycles. The minimum absolute atomic E-state index is 0.357. The van der Waals surface area contributed by atoms with Crippen LogP contribution in [-0.4, -0.2) is 23.1 Å². The molecule has 0 aliphatic carbocycles. The highest BCUT2D eigenvalue weighted by Crippen LogP contribution is 2.28. The molecule has 15 heavy (non-hydrogen) atoms. The van der Waals surface area contributed by atoms with Crippen LogP contribution in [0.25, 0.3) is 0 Å². The first kappa shape index (κ1) is 10.5. The molecule has 0 radical (unpaired) electrons. The molecule has 0 amide bonds. The molecule has 0 spiro atoms. The summed E-state index contributed by atoms with van der Waals surface area (Å²) in [5, 5.41) is 9.26. The van der Waals surface area contributed by atoms with Crippen molar-refractivity contribution < 1.29 is 5.11 Å². The Balaban J connectivity index is 2.14. The third kappa shape index (κ3) is 2.32. The first-order chi connectivity index (χ1) is 7.31. The number of phenolic OH excluding ortho intramolecular Hbond substituents is 1. The van der Waals surface area contributed by atoms with Crippen molar-refractivity contribution in [1.29, 1.82) is 0 Å². The Morgan fingerprint density at radius 1 is 1.20 bits per heavy atom. The lowest BCUT2D eigenvalue weighted by Crippen LogP contribution is -2.24. The molecule has 0 saturated carbocycles. The van der Waals surface area contributed by atoms with E-state index in [2.05, 4.69) is 11.8 Å². The first-order valence-corrected chi connectivity index (χ1v) is 5.84. The Labute approximate surface area is 91.5 Å². The third-order valence-corrected chi connectivity index (χ3v) is 3.25. The summed E-state index contributed by atoms with van der Waals surface area (Å²) in [5.74, 6) is 0.357. The summed E-state index contributed by atoms with van der Waals surface area (Å²) in [4.78, 5) is 2.55. The van der Waals surface area contributed by atoms with Crippen LogP contribution in [-0.2, 0) is 0 Å². The number of hydrogen-bond donors (Lipinski definition) is 1. The largest absolute Gasteiger partial charge is 0.508 e. The molecule has 2 nitrogen and oxygen atoms in total. The average molecular weight is 205 g/mol. The van der Waals surface area contributed by atoms with Gasteiger partial charge in [-0.1, -0.05) is 19.1 Å². The zero-order valence-corrected chi connectivity index (χ0v) is 9.32. The molecule has 1 aliphatic rings. The second-order valence-electron chi connectivity index (χ2n) is 4.26. The summed E-state index contributed by atoms with van der Waals surface area (Å²) in [6, 6.07) is 8.19.